The first-order chi connectivity index (χ1) is 24.8. The quantitative estimate of drug-likeness (QED) is 0.184. The van der Waals surface area contributed by atoms with Crippen molar-refractivity contribution in [2.75, 3.05) is 31.1 Å². The third-order valence-corrected chi connectivity index (χ3v) is 12.4. The molecule has 4 aromatic rings. The van der Waals surface area contributed by atoms with Gasteiger partial charge in [0.2, 0.25) is 0 Å². The van der Waals surface area contributed by atoms with Crippen molar-refractivity contribution in [3.05, 3.63) is 105 Å². The van der Waals surface area contributed by atoms with Gasteiger partial charge in [0.25, 0.3) is 0 Å². The number of hydrogen-bond acceptors (Lipinski definition) is 7. The minimum Gasteiger partial charge on any atom is -0.357 e. The number of carbonyl (C=O) groups is 2. The molecule has 276 valence electrons. The number of nitrogens with one attached hydrogen (secondary N) is 1. The summed E-state index contributed by atoms with van der Waals surface area (Å²) in [6.45, 7) is 13.6. The lowest BCUT2D eigenvalue weighted by Crippen LogP contribution is -2.54. The summed E-state index contributed by atoms with van der Waals surface area (Å²) >= 11 is 3.31. The van der Waals surface area contributed by atoms with E-state index in [-0.39, 0.29) is 17.1 Å². The maximum absolute atomic E-state index is 13.2. The van der Waals surface area contributed by atoms with Gasteiger partial charge in [-0.25, -0.2) is 9.59 Å². The number of aromatic nitrogens is 1. The van der Waals surface area contributed by atoms with Gasteiger partial charge in [-0.15, -0.1) is 11.3 Å². The molecule has 2 saturated heterocycles. The molecule has 0 bridgehead atoms. The van der Waals surface area contributed by atoms with Gasteiger partial charge in [0.05, 0.1) is 22.8 Å². The molecule has 1 N–H and O–H groups in total. The van der Waals surface area contributed by atoms with Crippen molar-refractivity contribution in [2.45, 2.75) is 71.7 Å². The number of amides is 4. The fourth-order valence-corrected chi connectivity index (χ4v) is 8.88. The predicted molar refractivity (Wildman–Crippen MR) is 200 cm³/mol. The van der Waals surface area contributed by atoms with Crippen molar-refractivity contribution >= 4 is 40.2 Å². The molecular weight excluding hydrogens is 710 g/mol. The van der Waals surface area contributed by atoms with Crippen molar-refractivity contribution < 1.29 is 27.3 Å². The fraction of sp³-hybridized carbons (Fsp3) is 0.395. The Balaban J connectivity index is 0.000000179. The SMILES string of the molecule is CCC1(N2CCN(Cc3c(C)noc3-c3ccccc3)C2=O)NC(C)=CS1.CCc1sc(N2CCN(Cc3ccc(C(F)(F)F)cc3)C2=O)cc1C. The Bertz CT molecular complexity index is 1930. The Kier molecular flexibility index (Phi) is 11.0. The Labute approximate surface area is 310 Å². The lowest BCUT2D eigenvalue weighted by molar-refractivity contribution is -0.137. The third kappa shape index (κ3) is 7.68. The molecule has 52 heavy (non-hydrogen) atoms. The molecule has 9 nitrogen and oxygen atoms in total. The lowest BCUT2D eigenvalue weighted by atomic mass is 10.1. The third-order valence-electron chi connectivity index (χ3n) is 9.55. The van der Waals surface area contributed by atoms with Crippen LogP contribution in [0.1, 0.15) is 60.0 Å². The first kappa shape index (κ1) is 37.3. The Hall–Kier alpha value is -4.43. The van der Waals surface area contributed by atoms with Crippen molar-refractivity contribution in [2.24, 2.45) is 0 Å². The number of allylic oxidation sites excluding steroid dienone is 1. The maximum atomic E-state index is 13.2. The number of halogens is 3. The van der Waals surface area contributed by atoms with Crippen LogP contribution in [0.4, 0.5) is 27.8 Å². The number of carbonyl (C=O) groups excluding carboxylic acids is 2. The molecule has 14 heteroatoms. The van der Waals surface area contributed by atoms with Crippen LogP contribution >= 0.6 is 23.1 Å². The van der Waals surface area contributed by atoms with Crippen LogP contribution in [0.15, 0.2) is 76.3 Å². The molecule has 2 aromatic heterocycles. The normalized spacial score (nSPS) is 19.0. The maximum Gasteiger partial charge on any atom is 0.416 e. The molecule has 0 radical (unpaired) electrons. The van der Waals surface area contributed by atoms with Crippen LogP contribution in [0.5, 0.6) is 0 Å². The number of urea groups is 2. The molecule has 3 aliphatic rings. The summed E-state index contributed by atoms with van der Waals surface area (Å²) in [4.78, 5) is 34.0. The number of aryl methyl sites for hydroxylation is 3. The van der Waals surface area contributed by atoms with Gasteiger partial charge < -0.3 is 19.6 Å². The van der Waals surface area contributed by atoms with Gasteiger partial charge in [0.1, 0.15) is 0 Å². The second-order valence-electron chi connectivity index (χ2n) is 13.1. The van der Waals surface area contributed by atoms with E-state index in [0.29, 0.717) is 44.8 Å². The van der Waals surface area contributed by atoms with E-state index in [1.807, 2.05) is 67.0 Å². The van der Waals surface area contributed by atoms with Crippen LogP contribution in [0.2, 0.25) is 0 Å². The second kappa shape index (κ2) is 15.3. The van der Waals surface area contributed by atoms with Gasteiger partial charge in [0.15, 0.2) is 10.8 Å². The van der Waals surface area contributed by atoms with Gasteiger partial charge in [-0.1, -0.05) is 73.2 Å². The minimum absolute atomic E-state index is 0.0551. The molecule has 2 fully saturated rings. The van der Waals surface area contributed by atoms with Crippen molar-refractivity contribution in [3.8, 4) is 11.3 Å². The number of anilines is 1. The van der Waals surface area contributed by atoms with E-state index in [9.17, 15) is 22.8 Å². The highest BCUT2D eigenvalue weighted by molar-refractivity contribution is 8.03. The highest BCUT2D eigenvalue weighted by Gasteiger charge is 2.46. The number of alkyl halides is 3. The van der Waals surface area contributed by atoms with E-state index in [2.05, 4.69) is 29.7 Å². The molecule has 4 amide bonds. The summed E-state index contributed by atoms with van der Waals surface area (Å²) in [5.74, 6) is 0.746. The number of hydrogen-bond donors (Lipinski definition) is 1. The number of nitrogens with zero attached hydrogens (tertiary/aromatic N) is 5. The molecule has 0 aliphatic carbocycles. The van der Waals surface area contributed by atoms with Crippen LogP contribution in [-0.2, 0) is 25.7 Å². The summed E-state index contributed by atoms with van der Waals surface area (Å²) < 4.78 is 43.4. The van der Waals surface area contributed by atoms with E-state index in [1.54, 1.807) is 32.9 Å². The monoisotopic (exact) mass is 752 g/mol. The number of thioether (sulfide) groups is 1. The van der Waals surface area contributed by atoms with Gasteiger partial charge in [-0.3, -0.25) is 9.80 Å². The summed E-state index contributed by atoms with van der Waals surface area (Å²) in [6.07, 6.45) is -2.56. The Morgan fingerprint density at radius 3 is 2.21 bits per heavy atom. The van der Waals surface area contributed by atoms with E-state index in [4.69, 9.17) is 4.52 Å². The zero-order valence-corrected chi connectivity index (χ0v) is 31.6. The summed E-state index contributed by atoms with van der Waals surface area (Å²) in [7, 11) is 0. The minimum atomic E-state index is -4.34. The first-order valence-corrected chi connectivity index (χ1v) is 19.0. The second-order valence-corrected chi connectivity index (χ2v) is 15.3. The standard InChI is InChI=1S/C20H24N4O2S.C18H19F3N2OS/c1-4-20(21-14(2)13-27-20)24-11-10-23(19(24)25)12-17-15(3)22-26-18(17)16-8-6-5-7-9-16;1-3-15-12(2)10-16(25-15)23-9-8-22(17(23)24)11-13-4-6-14(7-5-13)18(19,20)21/h5-9,13,21H,4,10-12H2,1-3H3;4-7,10H,3,8-9,11H2,1-2H3. The Morgan fingerprint density at radius 1 is 0.904 bits per heavy atom. The van der Waals surface area contributed by atoms with Crippen molar-refractivity contribution in [3.63, 3.8) is 0 Å². The number of benzene rings is 2. The predicted octanol–water partition coefficient (Wildman–Crippen LogP) is 9.23. The smallest absolute Gasteiger partial charge is 0.357 e. The van der Waals surface area contributed by atoms with Crippen molar-refractivity contribution in [1.29, 1.82) is 0 Å². The molecule has 3 aliphatic heterocycles. The summed E-state index contributed by atoms with van der Waals surface area (Å²) in [5.41, 5.74) is 5.10. The molecule has 1 atom stereocenters. The van der Waals surface area contributed by atoms with Crippen LogP contribution in [0, 0.1) is 13.8 Å². The zero-order chi connectivity index (χ0) is 37.2. The van der Waals surface area contributed by atoms with Crippen LogP contribution < -0.4 is 10.2 Å². The van der Waals surface area contributed by atoms with Gasteiger partial charge >= 0.3 is 18.2 Å². The average molecular weight is 753 g/mol. The first-order valence-electron chi connectivity index (χ1n) is 17.3. The number of rotatable bonds is 9. The molecule has 2 aromatic carbocycles. The highest BCUT2D eigenvalue weighted by atomic mass is 32.2. The summed E-state index contributed by atoms with van der Waals surface area (Å²) in [5, 5.41) is 10.7. The largest absolute Gasteiger partial charge is 0.416 e. The van der Waals surface area contributed by atoms with Crippen LogP contribution in [-0.4, -0.2) is 63.1 Å². The summed E-state index contributed by atoms with van der Waals surface area (Å²) in [6, 6.07) is 16.9. The molecule has 1 unspecified atom stereocenters. The Morgan fingerprint density at radius 2 is 1.60 bits per heavy atom. The molecule has 0 spiro atoms. The van der Waals surface area contributed by atoms with Gasteiger partial charge in [0, 0.05) is 54.4 Å². The molecule has 7 rings (SSSR count). The van der Waals surface area contributed by atoms with E-state index >= 15 is 0 Å². The average Bonchev–Trinajstić information content (AvgIpc) is 3.96. The lowest BCUT2D eigenvalue weighted by Gasteiger charge is -2.37. The van der Waals surface area contributed by atoms with Gasteiger partial charge in [-0.05, 0) is 68.3 Å². The molecule has 0 saturated carbocycles. The molecule has 5 heterocycles. The number of thiophene rings is 1. The van der Waals surface area contributed by atoms with Crippen molar-refractivity contribution in [1.82, 2.24) is 25.2 Å². The van der Waals surface area contributed by atoms with Gasteiger partial charge in [-0.2, -0.15) is 13.2 Å². The zero-order valence-electron chi connectivity index (χ0n) is 29.9. The van der Waals surface area contributed by atoms with E-state index in [0.717, 1.165) is 58.3 Å². The topological polar surface area (TPSA) is 85.2 Å². The van der Waals surface area contributed by atoms with E-state index < -0.39 is 11.7 Å². The highest BCUT2D eigenvalue weighted by Crippen LogP contribution is 2.40. The van der Waals surface area contributed by atoms with E-state index in [1.165, 1.54) is 22.6 Å². The fourth-order valence-electron chi connectivity index (χ4n) is 6.63. The molecular formula is C38H43F3N6O3S2. The van der Waals surface area contributed by atoms with Crippen LogP contribution in [0.25, 0.3) is 11.3 Å². The van der Waals surface area contributed by atoms with Crippen LogP contribution in [0.3, 0.4) is 0 Å².